The number of nitrogens with zero attached hydrogens (tertiary/aromatic N) is 5. The van der Waals surface area contributed by atoms with Crippen molar-refractivity contribution in [2.75, 3.05) is 27.2 Å². The molecule has 1 aliphatic rings. The van der Waals surface area contributed by atoms with E-state index in [2.05, 4.69) is 25.3 Å². The van der Waals surface area contributed by atoms with Crippen LogP contribution in [0.1, 0.15) is 18.4 Å². The fraction of sp³-hybridized carbons (Fsp3) is 0.444. The van der Waals surface area contributed by atoms with Gasteiger partial charge in [0.05, 0.1) is 13.0 Å². The van der Waals surface area contributed by atoms with E-state index in [1.54, 1.807) is 24.1 Å². The first-order valence-electron chi connectivity index (χ1n) is 8.69. The van der Waals surface area contributed by atoms with Crippen LogP contribution in [0.3, 0.4) is 0 Å². The fourth-order valence-electron chi connectivity index (χ4n) is 3.11. The first-order valence-corrected chi connectivity index (χ1v) is 8.69. The first kappa shape index (κ1) is 21.1. The molecule has 9 heteroatoms. The van der Waals surface area contributed by atoms with Crippen molar-refractivity contribution in [2.24, 2.45) is 10.9 Å². The molecule has 3 heterocycles. The topological polar surface area (TPSA) is 84.6 Å². The summed E-state index contributed by atoms with van der Waals surface area (Å²) in [5.41, 5.74) is 1.09. The number of nitrogens with one attached hydrogen (secondary N) is 1. The number of carbonyl (C=O) groups is 1. The van der Waals surface area contributed by atoms with Gasteiger partial charge in [0.15, 0.2) is 11.8 Å². The number of pyridine rings is 1. The lowest BCUT2D eigenvalue weighted by atomic mass is 9.97. The second kappa shape index (κ2) is 10.2. The quantitative estimate of drug-likeness (QED) is 0.309. The summed E-state index contributed by atoms with van der Waals surface area (Å²) in [6.45, 7) is 2.21. The maximum absolute atomic E-state index is 11.7. The Bertz CT molecular complexity index is 757. The predicted molar refractivity (Wildman–Crippen MR) is 113 cm³/mol. The van der Waals surface area contributed by atoms with E-state index in [-0.39, 0.29) is 35.9 Å². The Morgan fingerprint density at radius 1 is 1.37 bits per heavy atom. The molecular weight excluding hydrogens is 459 g/mol. The van der Waals surface area contributed by atoms with Crippen LogP contribution in [-0.2, 0) is 16.1 Å². The minimum absolute atomic E-state index is 0. The highest BCUT2D eigenvalue weighted by Crippen LogP contribution is 2.18. The van der Waals surface area contributed by atoms with Crippen LogP contribution in [0.25, 0.3) is 5.82 Å². The number of hydrogen-bond donors (Lipinski definition) is 1. The third kappa shape index (κ3) is 5.41. The highest BCUT2D eigenvalue weighted by Gasteiger charge is 2.26. The molecule has 0 spiro atoms. The number of hydrogen-bond acceptors (Lipinski definition) is 5. The molecule has 0 bridgehead atoms. The van der Waals surface area contributed by atoms with E-state index in [1.165, 1.54) is 7.11 Å². The molecule has 0 radical (unpaired) electrons. The van der Waals surface area contributed by atoms with Crippen molar-refractivity contribution in [3.63, 3.8) is 0 Å². The molecule has 2 aromatic rings. The maximum atomic E-state index is 11.7. The number of piperidine rings is 1. The lowest BCUT2D eigenvalue weighted by Crippen LogP contribution is -2.46. The van der Waals surface area contributed by atoms with Crippen molar-refractivity contribution in [1.82, 2.24) is 25.0 Å². The van der Waals surface area contributed by atoms with Crippen LogP contribution in [0, 0.1) is 5.92 Å². The highest BCUT2D eigenvalue weighted by atomic mass is 127. The minimum Gasteiger partial charge on any atom is -0.469 e. The van der Waals surface area contributed by atoms with Gasteiger partial charge in [-0.05, 0) is 36.6 Å². The number of likely N-dealkylation sites (tertiary alicyclic amines) is 1. The average Bonchev–Trinajstić information content (AvgIpc) is 3.23. The van der Waals surface area contributed by atoms with Crippen LogP contribution in [0.2, 0.25) is 0 Å². The van der Waals surface area contributed by atoms with Crippen LogP contribution in [0.15, 0.2) is 41.8 Å². The molecule has 27 heavy (non-hydrogen) atoms. The van der Waals surface area contributed by atoms with Gasteiger partial charge < -0.3 is 15.0 Å². The van der Waals surface area contributed by atoms with Crippen LogP contribution in [-0.4, -0.2) is 58.8 Å². The Morgan fingerprint density at radius 3 is 2.78 bits per heavy atom. The van der Waals surface area contributed by atoms with Gasteiger partial charge in [-0.15, -0.1) is 24.0 Å². The summed E-state index contributed by atoms with van der Waals surface area (Å²) in [6, 6.07) is 5.83. The van der Waals surface area contributed by atoms with Crippen molar-refractivity contribution in [2.45, 2.75) is 19.4 Å². The van der Waals surface area contributed by atoms with Crippen LogP contribution in [0.4, 0.5) is 0 Å². The second-order valence-electron chi connectivity index (χ2n) is 6.16. The summed E-state index contributed by atoms with van der Waals surface area (Å²) in [6.07, 6.45) is 6.94. The Balaban J connectivity index is 0.00000261. The van der Waals surface area contributed by atoms with Crippen molar-refractivity contribution < 1.29 is 9.53 Å². The van der Waals surface area contributed by atoms with Gasteiger partial charge in [-0.25, -0.2) is 9.67 Å². The lowest BCUT2D eigenvalue weighted by Gasteiger charge is -2.33. The largest absolute Gasteiger partial charge is 0.469 e. The molecule has 0 atom stereocenters. The lowest BCUT2D eigenvalue weighted by molar-refractivity contribution is -0.146. The van der Waals surface area contributed by atoms with Gasteiger partial charge in [0.2, 0.25) is 0 Å². The molecular formula is C18H25IN6O2. The molecule has 3 rings (SSSR count). The third-order valence-corrected chi connectivity index (χ3v) is 4.54. The van der Waals surface area contributed by atoms with Crippen LogP contribution < -0.4 is 5.32 Å². The smallest absolute Gasteiger partial charge is 0.308 e. The number of aliphatic imine (C=N–C) groups is 1. The van der Waals surface area contributed by atoms with E-state index < -0.39 is 0 Å². The molecule has 1 fully saturated rings. The number of esters is 1. The second-order valence-corrected chi connectivity index (χ2v) is 6.16. The number of aromatic nitrogens is 3. The molecule has 0 amide bonds. The Morgan fingerprint density at radius 2 is 2.15 bits per heavy atom. The normalized spacial score (nSPS) is 15.2. The van der Waals surface area contributed by atoms with Gasteiger partial charge >= 0.3 is 5.97 Å². The summed E-state index contributed by atoms with van der Waals surface area (Å²) in [4.78, 5) is 22.5. The summed E-state index contributed by atoms with van der Waals surface area (Å²) in [5, 5.41) is 7.59. The zero-order valence-corrected chi connectivity index (χ0v) is 17.9. The van der Waals surface area contributed by atoms with Crippen LogP contribution >= 0.6 is 24.0 Å². The fourth-order valence-corrected chi connectivity index (χ4v) is 3.11. The number of halogens is 1. The van der Waals surface area contributed by atoms with E-state index >= 15 is 0 Å². The molecule has 8 nitrogen and oxygen atoms in total. The summed E-state index contributed by atoms with van der Waals surface area (Å²) >= 11 is 0. The van der Waals surface area contributed by atoms with Crippen molar-refractivity contribution in [3.8, 4) is 5.82 Å². The standard InChI is InChI=1S/C18H24N6O2.HI/c1-19-18(23-10-5-15(6-11-23)17(25)26-2)21-13-14-4-8-20-16(12-14)24-9-3-7-22-24;/h3-4,7-9,12,15H,5-6,10-11,13H2,1-2H3,(H,19,21);1H. The average molecular weight is 484 g/mol. The van der Waals surface area contributed by atoms with Crippen LogP contribution in [0.5, 0.6) is 0 Å². The van der Waals surface area contributed by atoms with Gasteiger partial charge in [-0.1, -0.05) is 0 Å². The van der Waals surface area contributed by atoms with Crippen molar-refractivity contribution >= 4 is 35.9 Å². The zero-order chi connectivity index (χ0) is 18.4. The van der Waals surface area contributed by atoms with Gasteiger partial charge in [-0.2, -0.15) is 5.10 Å². The maximum Gasteiger partial charge on any atom is 0.308 e. The number of methoxy groups -OCH3 is 1. The SMILES string of the molecule is CN=C(NCc1ccnc(-n2cccn2)c1)N1CCC(C(=O)OC)CC1.I. The number of guanidine groups is 1. The molecule has 0 unspecified atom stereocenters. The Hall–Kier alpha value is -2.17. The molecule has 1 N–H and O–H groups in total. The van der Waals surface area contributed by atoms with E-state index in [4.69, 9.17) is 4.74 Å². The summed E-state index contributed by atoms with van der Waals surface area (Å²) in [5.74, 6) is 1.50. The predicted octanol–water partition coefficient (Wildman–Crippen LogP) is 1.85. The number of rotatable bonds is 4. The van der Waals surface area contributed by atoms with E-state index in [9.17, 15) is 4.79 Å². The monoisotopic (exact) mass is 484 g/mol. The molecule has 0 aromatic carbocycles. The van der Waals surface area contributed by atoms with Gasteiger partial charge in [0, 0.05) is 45.3 Å². The Labute approximate surface area is 176 Å². The summed E-state index contributed by atoms with van der Waals surface area (Å²) < 4.78 is 6.57. The Kier molecular flexibility index (Phi) is 8.01. The molecule has 1 aliphatic heterocycles. The van der Waals surface area contributed by atoms with Crippen molar-refractivity contribution in [3.05, 3.63) is 42.4 Å². The van der Waals surface area contributed by atoms with Gasteiger partial charge in [0.25, 0.3) is 0 Å². The first-order chi connectivity index (χ1) is 12.7. The number of ether oxygens (including phenoxy) is 1. The van der Waals surface area contributed by atoms with Gasteiger partial charge in [0.1, 0.15) is 0 Å². The molecule has 2 aromatic heterocycles. The minimum atomic E-state index is -0.115. The number of carbonyl (C=O) groups excluding carboxylic acids is 1. The summed E-state index contributed by atoms with van der Waals surface area (Å²) in [7, 11) is 3.22. The molecule has 0 saturated carbocycles. The zero-order valence-electron chi connectivity index (χ0n) is 15.5. The highest BCUT2D eigenvalue weighted by molar-refractivity contribution is 14.0. The molecule has 0 aliphatic carbocycles. The van der Waals surface area contributed by atoms with E-state index in [0.29, 0.717) is 6.54 Å². The molecule has 146 valence electrons. The van der Waals surface area contributed by atoms with Gasteiger partial charge in [-0.3, -0.25) is 9.79 Å². The third-order valence-electron chi connectivity index (χ3n) is 4.54. The van der Waals surface area contributed by atoms with E-state index in [1.807, 2.05) is 24.4 Å². The molecule has 1 saturated heterocycles. The van der Waals surface area contributed by atoms with E-state index in [0.717, 1.165) is 43.3 Å². The van der Waals surface area contributed by atoms with Crippen molar-refractivity contribution in [1.29, 1.82) is 0 Å².